The average Bonchev–Trinajstić information content (AvgIpc) is 2.19. The van der Waals surface area contributed by atoms with Crippen LogP contribution in [0.1, 0.15) is 31.9 Å². The van der Waals surface area contributed by atoms with Gasteiger partial charge in [0.2, 0.25) is 0 Å². The predicted octanol–water partition coefficient (Wildman–Crippen LogP) is 4.03. The summed E-state index contributed by atoms with van der Waals surface area (Å²) in [5.41, 5.74) is 2.98. The lowest BCUT2D eigenvalue weighted by molar-refractivity contribution is 0.218. The fourth-order valence-electron chi connectivity index (χ4n) is 1.46. The Labute approximate surface area is 104 Å². The molecule has 0 amide bonds. The maximum atomic E-state index is 5.08. The molecule has 0 aliphatic heterocycles. The van der Waals surface area contributed by atoms with Crippen LogP contribution < -0.4 is 0 Å². The first kappa shape index (κ1) is 13.6. The summed E-state index contributed by atoms with van der Waals surface area (Å²) in [5.74, 6) is 1.02. The van der Waals surface area contributed by atoms with Crippen LogP contribution in [0.2, 0.25) is 0 Å². The number of thioether (sulfide) groups is 1. The highest BCUT2D eigenvalue weighted by molar-refractivity contribution is 7.99. The lowest BCUT2D eigenvalue weighted by Crippen LogP contribution is -2.11. The van der Waals surface area contributed by atoms with E-state index in [9.17, 15) is 0 Å². The van der Waals surface area contributed by atoms with E-state index in [1.165, 1.54) is 16.0 Å². The number of hydrogen-bond donors (Lipinski definition) is 0. The summed E-state index contributed by atoms with van der Waals surface area (Å²) >= 11 is 1.88. The Morgan fingerprint density at radius 1 is 1.25 bits per heavy atom. The van der Waals surface area contributed by atoms with Crippen molar-refractivity contribution in [3.05, 3.63) is 29.3 Å². The van der Waals surface area contributed by atoms with Crippen molar-refractivity contribution < 1.29 is 4.74 Å². The summed E-state index contributed by atoms with van der Waals surface area (Å²) in [6, 6.07) is 6.76. The second-order valence-corrected chi connectivity index (χ2v) is 6.21. The van der Waals surface area contributed by atoms with Gasteiger partial charge in [0.05, 0.1) is 6.61 Å². The van der Waals surface area contributed by atoms with Crippen molar-refractivity contribution in [2.75, 3.05) is 19.5 Å². The van der Waals surface area contributed by atoms with E-state index in [2.05, 4.69) is 45.9 Å². The summed E-state index contributed by atoms with van der Waals surface area (Å²) in [6.07, 6.45) is 0. The maximum absolute atomic E-state index is 5.08. The second kappa shape index (κ2) is 5.74. The molecular formula is C14H22OS. The molecular weight excluding hydrogens is 216 g/mol. The van der Waals surface area contributed by atoms with Gasteiger partial charge in [-0.1, -0.05) is 32.9 Å². The minimum absolute atomic E-state index is 0.226. The molecule has 16 heavy (non-hydrogen) atoms. The zero-order chi connectivity index (χ0) is 12.2. The molecule has 0 aliphatic rings. The summed E-state index contributed by atoms with van der Waals surface area (Å²) in [5, 5.41) is 0. The van der Waals surface area contributed by atoms with Crippen LogP contribution in [0, 0.1) is 6.92 Å². The van der Waals surface area contributed by atoms with Crippen LogP contribution in [0.4, 0.5) is 0 Å². The van der Waals surface area contributed by atoms with Crippen LogP contribution in [0.25, 0.3) is 0 Å². The Hall–Kier alpha value is -0.470. The van der Waals surface area contributed by atoms with E-state index in [1.807, 2.05) is 11.8 Å². The van der Waals surface area contributed by atoms with Gasteiger partial charge in [-0.3, -0.25) is 0 Å². The quantitative estimate of drug-likeness (QED) is 0.578. The van der Waals surface area contributed by atoms with Gasteiger partial charge in [0.15, 0.2) is 0 Å². The second-order valence-electron chi connectivity index (χ2n) is 5.07. The standard InChI is InChI=1S/C14H22OS/c1-11-6-7-12(14(2,3)4)10-13(11)16-9-8-15-5/h6-7,10H,8-9H2,1-5H3. The van der Waals surface area contributed by atoms with Gasteiger partial charge in [-0.25, -0.2) is 0 Å². The van der Waals surface area contributed by atoms with Crippen molar-refractivity contribution in [3.63, 3.8) is 0 Å². The fraction of sp³-hybridized carbons (Fsp3) is 0.571. The highest BCUT2D eigenvalue weighted by Gasteiger charge is 2.14. The van der Waals surface area contributed by atoms with Crippen molar-refractivity contribution >= 4 is 11.8 Å². The average molecular weight is 238 g/mol. The number of methoxy groups -OCH3 is 1. The van der Waals surface area contributed by atoms with Crippen LogP contribution in [0.5, 0.6) is 0 Å². The minimum Gasteiger partial charge on any atom is -0.384 e. The van der Waals surface area contributed by atoms with Crippen molar-refractivity contribution in [2.45, 2.75) is 38.0 Å². The molecule has 0 aromatic heterocycles. The van der Waals surface area contributed by atoms with Crippen LogP contribution in [0.3, 0.4) is 0 Å². The third-order valence-corrected chi connectivity index (χ3v) is 3.72. The molecule has 1 nitrogen and oxygen atoms in total. The first-order valence-corrected chi connectivity index (χ1v) is 6.66. The molecule has 90 valence electrons. The first-order chi connectivity index (χ1) is 7.45. The van der Waals surface area contributed by atoms with Gasteiger partial charge in [0.25, 0.3) is 0 Å². The molecule has 0 atom stereocenters. The van der Waals surface area contributed by atoms with Crippen molar-refractivity contribution in [1.82, 2.24) is 0 Å². The molecule has 0 fully saturated rings. The molecule has 2 heteroatoms. The van der Waals surface area contributed by atoms with E-state index >= 15 is 0 Å². The summed E-state index contributed by atoms with van der Waals surface area (Å²) in [7, 11) is 1.75. The molecule has 0 unspecified atom stereocenters. The SMILES string of the molecule is COCCSc1cc(C(C)(C)C)ccc1C. The van der Waals surface area contributed by atoms with Crippen molar-refractivity contribution in [1.29, 1.82) is 0 Å². The minimum atomic E-state index is 0.226. The molecule has 0 N–H and O–H groups in total. The molecule has 0 saturated heterocycles. The monoisotopic (exact) mass is 238 g/mol. The van der Waals surface area contributed by atoms with Gasteiger partial charge in [0, 0.05) is 17.8 Å². The lowest BCUT2D eigenvalue weighted by Gasteiger charge is -2.20. The molecule has 0 saturated carbocycles. The van der Waals surface area contributed by atoms with Crippen LogP contribution in [0.15, 0.2) is 23.1 Å². The summed E-state index contributed by atoms with van der Waals surface area (Å²) in [4.78, 5) is 1.38. The molecule has 0 aliphatic carbocycles. The zero-order valence-corrected chi connectivity index (χ0v) is 11.8. The molecule has 0 heterocycles. The summed E-state index contributed by atoms with van der Waals surface area (Å²) in [6.45, 7) is 9.73. The number of aryl methyl sites for hydroxylation is 1. The Bertz CT molecular complexity index is 339. The maximum Gasteiger partial charge on any atom is 0.0556 e. The van der Waals surface area contributed by atoms with E-state index in [1.54, 1.807) is 7.11 Å². The molecule has 1 rings (SSSR count). The Balaban J connectivity index is 2.83. The number of rotatable bonds is 4. The Morgan fingerprint density at radius 3 is 2.50 bits per heavy atom. The third kappa shape index (κ3) is 3.84. The van der Waals surface area contributed by atoms with Crippen LogP contribution >= 0.6 is 11.8 Å². The number of benzene rings is 1. The fourth-order valence-corrected chi connectivity index (χ4v) is 2.43. The highest BCUT2D eigenvalue weighted by atomic mass is 32.2. The van der Waals surface area contributed by atoms with Crippen molar-refractivity contribution in [3.8, 4) is 0 Å². The number of hydrogen-bond acceptors (Lipinski definition) is 2. The molecule has 1 aromatic carbocycles. The van der Waals surface area contributed by atoms with Gasteiger partial charge in [-0.05, 0) is 29.5 Å². The smallest absolute Gasteiger partial charge is 0.0556 e. The third-order valence-electron chi connectivity index (χ3n) is 2.60. The van der Waals surface area contributed by atoms with Gasteiger partial charge < -0.3 is 4.74 Å². The van der Waals surface area contributed by atoms with Crippen LogP contribution in [-0.4, -0.2) is 19.5 Å². The molecule has 0 radical (unpaired) electrons. The van der Waals surface area contributed by atoms with Gasteiger partial charge in [0.1, 0.15) is 0 Å². The van der Waals surface area contributed by atoms with E-state index < -0.39 is 0 Å². The van der Waals surface area contributed by atoms with E-state index in [4.69, 9.17) is 4.74 Å². The summed E-state index contributed by atoms with van der Waals surface area (Å²) < 4.78 is 5.08. The lowest BCUT2D eigenvalue weighted by atomic mass is 9.87. The van der Waals surface area contributed by atoms with E-state index in [0.717, 1.165) is 12.4 Å². The Kier molecular flexibility index (Phi) is 4.88. The highest BCUT2D eigenvalue weighted by Crippen LogP contribution is 2.29. The predicted molar refractivity (Wildman–Crippen MR) is 72.5 cm³/mol. The topological polar surface area (TPSA) is 9.23 Å². The first-order valence-electron chi connectivity index (χ1n) is 5.68. The zero-order valence-electron chi connectivity index (χ0n) is 11.0. The molecule has 0 spiro atoms. The van der Waals surface area contributed by atoms with E-state index in [0.29, 0.717) is 0 Å². The molecule has 0 bridgehead atoms. The van der Waals surface area contributed by atoms with E-state index in [-0.39, 0.29) is 5.41 Å². The largest absolute Gasteiger partial charge is 0.384 e. The van der Waals surface area contributed by atoms with Gasteiger partial charge >= 0.3 is 0 Å². The Morgan fingerprint density at radius 2 is 1.94 bits per heavy atom. The van der Waals surface area contributed by atoms with Gasteiger partial charge in [-0.15, -0.1) is 11.8 Å². The molecule has 1 aromatic rings. The number of ether oxygens (including phenoxy) is 1. The normalized spacial score (nSPS) is 11.8. The van der Waals surface area contributed by atoms with Gasteiger partial charge in [-0.2, -0.15) is 0 Å². The van der Waals surface area contributed by atoms with Crippen LogP contribution in [-0.2, 0) is 10.2 Å². The van der Waals surface area contributed by atoms with Crippen molar-refractivity contribution in [2.24, 2.45) is 0 Å².